The maximum absolute atomic E-state index is 14.1. The smallest absolute Gasteiger partial charge is 0.321 e. The minimum Gasteiger partial charge on any atom is -0.495 e. The van der Waals surface area contributed by atoms with Gasteiger partial charge in [0.1, 0.15) is 5.75 Å². The van der Waals surface area contributed by atoms with Crippen molar-refractivity contribution in [3.05, 3.63) is 125 Å². The summed E-state index contributed by atoms with van der Waals surface area (Å²) in [6.45, 7) is 3.54. The molecule has 3 amide bonds. The summed E-state index contributed by atoms with van der Waals surface area (Å²) in [5.41, 5.74) is 5.23. The molecule has 1 heterocycles. The van der Waals surface area contributed by atoms with Crippen molar-refractivity contribution in [1.29, 1.82) is 0 Å². The molecule has 0 saturated carbocycles. The Hall–Kier alpha value is -5.24. The number of hydrogen-bond acceptors (Lipinski definition) is 5. The number of amides is 3. The van der Waals surface area contributed by atoms with Gasteiger partial charge in [-0.1, -0.05) is 78.9 Å². The molecule has 41 heavy (non-hydrogen) atoms. The van der Waals surface area contributed by atoms with E-state index in [1.807, 2.05) is 80.6 Å². The van der Waals surface area contributed by atoms with E-state index in [9.17, 15) is 14.4 Å². The fourth-order valence-electron chi connectivity index (χ4n) is 4.83. The summed E-state index contributed by atoms with van der Waals surface area (Å²) < 4.78 is 5.38. The number of aryl methyl sites for hydroxylation is 2. The maximum atomic E-state index is 14.1. The predicted molar refractivity (Wildman–Crippen MR) is 160 cm³/mol. The predicted octanol–water partition coefficient (Wildman–Crippen LogP) is 5.53. The van der Waals surface area contributed by atoms with Gasteiger partial charge < -0.3 is 20.3 Å². The van der Waals surface area contributed by atoms with Gasteiger partial charge in [0.25, 0.3) is 5.91 Å². The van der Waals surface area contributed by atoms with Crippen LogP contribution in [0.5, 0.6) is 5.75 Å². The van der Waals surface area contributed by atoms with Crippen LogP contribution in [0.2, 0.25) is 0 Å². The van der Waals surface area contributed by atoms with Crippen LogP contribution >= 0.6 is 0 Å². The van der Waals surface area contributed by atoms with Crippen molar-refractivity contribution in [2.75, 3.05) is 23.9 Å². The number of methoxy groups -OCH3 is 1. The Balaban J connectivity index is 1.54. The van der Waals surface area contributed by atoms with Crippen molar-refractivity contribution >= 4 is 34.8 Å². The first kappa shape index (κ1) is 27.3. The highest BCUT2D eigenvalue weighted by Crippen LogP contribution is 2.29. The summed E-state index contributed by atoms with van der Waals surface area (Å²) in [5, 5.41) is 5.49. The first-order valence-electron chi connectivity index (χ1n) is 13.2. The van der Waals surface area contributed by atoms with Crippen LogP contribution in [0.25, 0.3) is 0 Å². The van der Waals surface area contributed by atoms with Gasteiger partial charge in [-0.2, -0.15) is 0 Å². The highest BCUT2D eigenvalue weighted by Gasteiger charge is 2.34. The van der Waals surface area contributed by atoms with Crippen molar-refractivity contribution in [2.24, 2.45) is 4.99 Å². The van der Waals surface area contributed by atoms with E-state index in [-0.39, 0.29) is 12.3 Å². The number of Topliss-reactive ketones (excluding diaryl/α,β-unsaturated/α-hetero) is 1. The minimum absolute atomic E-state index is 0.218. The third kappa shape index (κ3) is 5.86. The van der Waals surface area contributed by atoms with E-state index < -0.39 is 18.1 Å². The molecule has 0 aliphatic carbocycles. The van der Waals surface area contributed by atoms with Crippen LogP contribution in [-0.4, -0.2) is 43.3 Å². The molecule has 0 radical (unpaired) electrons. The fourth-order valence-corrected chi connectivity index (χ4v) is 4.83. The van der Waals surface area contributed by atoms with E-state index >= 15 is 0 Å². The summed E-state index contributed by atoms with van der Waals surface area (Å²) in [6.07, 6.45) is -1.31. The average Bonchev–Trinajstić information content (AvgIpc) is 3.08. The molecule has 0 spiro atoms. The molecule has 0 saturated heterocycles. The topological polar surface area (TPSA) is 100 Å². The number of carbonyl (C=O) groups is 3. The molecule has 0 unspecified atom stereocenters. The number of benzodiazepines with no additional fused rings is 1. The number of ether oxygens (including phenoxy) is 1. The van der Waals surface area contributed by atoms with Crippen LogP contribution in [0.4, 0.5) is 16.2 Å². The maximum Gasteiger partial charge on any atom is 0.321 e. The van der Waals surface area contributed by atoms with E-state index in [1.165, 1.54) is 12.0 Å². The van der Waals surface area contributed by atoms with Crippen LogP contribution in [0.15, 0.2) is 102 Å². The van der Waals surface area contributed by atoms with Gasteiger partial charge in [-0.25, -0.2) is 9.79 Å². The van der Waals surface area contributed by atoms with E-state index in [0.717, 1.165) is 16.7 Å². The quantitative estimate of drug-likeness (QED) is 0.298. The largest absolute Gasteiger partial charge is 0.495 e. The number of para-hydroxylation sites is 1. The molecule has 0 aromatic heterocycles. The lowest BCUT2D eigenvalue weighted by atomic mass is 9.99. The molecule has 0 fully saturated rings. The molecule has 0 bridgehead atoms. The Bertz CT molecular complexity index is 1650. The number of nitrogens with zero attached hydrogens (tertiary/aromatic N) is 2. The second-order valence-corrected chi connectivity index (χ2v) is 9.73. The summed E-state index contributed by atoms with van der Waals surface area (Å²) in [7, 11) is 1.51. The normalized spacial score (nSPS) is 14.4. The molecule has 1 aliphatic heterocycles. The third-order valence-corrected chi connectivity index (χ3v) is 6.87. The van der Waals surface area contributed by atoms with Crippen LogP contribution in [-0.2, 0) is 4.79 Å². The Morgan fingerprint density at radius 1 is 0.902 bits per heavy atom. The van der Waals surface area contributed by atoms with Gasteiger partial charge in [0, 0.05) is 16.7 Å². The molecule has 4 aromatic carbocycles. The zero-order valence-electron chi connectivity index (χ0n) is 23.0. The Morgan fingerprint density at radius 2 is 1.61 bits per heavy atom. The van der Waals surface area contributed by atoms with Crippen molar-refractivity contribution in [3.8, 4) is 5.75 Å². The molecule has 2 N–H and O–H groups in total. The first-order valence-corrected chi connectivity index (χ1v) is 13.2. The standard InChI is InChI=1S/C33H30N4O4/c1-21-17-18-29(41-3)26(19-21)34-33(40)36-31-32(39)37(20-28(38)24-14-8-7-11-22(24)2)27-16-10-9-15-25(27)30(35-31)23-12-5-4-6-13-23/h4-19,31H,20H2,1-3H3,(H2,34,36,40)/t31-/m1/s1. The molecular weight excluding hydrogens is 516 g/mol. The van der Waals surface area contributed by atoms with Crippen LogP contribution in [0.1, 0.15) is 32.6 Å². The number of hydrogen-bond donors (Lipinski definition) is 2. The van der Waals surface area contributed by atoms with E-state index in [0.29, 0.717) is 34.0 Å². The molecule has 8 heteroatoms. The van der Waals surface area contributed by atoms with Gasteiger partial charge in [0.05, 0.1) is 30.7 Å². The number of ketones is 1. The number of benzene rings is 4. The summed E-state index contributed by atoms with van der Waals surface area (Å²) in [6, 6.07) is 28.8. The average molecular weight is 547 g/mol. The highest BCUT2D eigenvalue weighted by molar-refractivity contribution is 6.21. The lowest BCUT2D eigenvalue weighted by molar-refractivity contribution is -0.120. The molecular formula is C33H30N4O4. The Labute approximate surface area is 238 Å². The summed E-state index contributed by atoms with van der Waals surface area (Å²) in [5.74, 6) is -0.275. The zero-order valence-corrected chi connectivity index (χ0v) is 23.0. The molecule has 1 aliphatic rings. The molecule has 8 nitrogen and oxygen atoms in total. The number of nitrogens with one attached hydrogen (secondary N) is 2. The zero-order chi connectivity index (χ0) is 28.9. The van der Waals surface area contributed by atoms with Crippen molar-refractivity contribution in [2.45, 2.75) is 20.0 Å². The Kier molecular flexibility index (Phi) is 7.92. The number of urea groups is 1. The third-order valence-electron chi connectivity index (χ3n) is 6.87. The van der Waals surface area contributed by atoms with Gasteiger partial charge in [0.15, 0.2) is 5.78 Å². The van der Waals surface area contributed by atoms with E-state index in [1.54, 1.807) is 30.3 Å². The highest BCUT2D eigenvalue weighted by atomic mass is 16.5. The van der Waals surface area contributed by atoms with Crippen molar-refractivity contribution in [1.82, 2.24) is 5.32 Å². The number of carbonyl (C=O) groups excluding carboxylic acids is 3. The van der Waals surface area contributed by atoms with E-state index in [4.69, 9.17) is 9.73 Å². The number of aliphatic imine (C=N–C) groups is 1. The number of fused-ring (bicyclic) bond motifs is 1. The lowest BCUT2D eigenvalue weighted by Crippen LogP contribution is -2.50. The molecule has 1 atom stereocenters. The van der Waals surface area contributed by atoms with E-state index in [2.05, 4.69) is 10.6 Å². The number of rotatable bonds is 7. The van der Waals surface area contributed by atoms with Crippen molar-refractivity contribution < 1.29 is 19.1 Å². The van der Waals surface area contributed by atoms with Gasteiger partial charge in [-0.3, -0.25) is 9.59 Å². The second kappa shape index (κ2) is 11.9. The SMILES string of the molecule is COc1ccc(C)cc1NC(=O)N[C@H]1N=C(c2ccccc2)c2ccccc2N(CC(=O)c2ccccc2C)C1=O. The lowest BCUT2D eigenvalue weighted by Gasteiger charge is -2.25. The molecule has 5 rings (SSSR count). The molecule has 206 valence electrons. The summed E-state index contributed by atoms with van der Waals surface area (Å²) >= 11 is 0. The van der Waals surface area contributed by atoms with Crippen molar-refractivity contribution in [3.63, 3.8) is 0 Å². The van der Waals surface area contributed by atoms with Crippen LogP contribution < -0.4 is 20.3 Å². The van der Waals surface area contributed by atoms with Gasteiger partial charge in [-0.15, -0.1) is 0 Å². The van der Waals surface area contributed by atoms with Gasteiger partial charge in [0.2, 0.25) is 6.17 Å². The van der Waals surface area contributed by atoms with Gasteiger partial charge >= 0.3 is 6.03 Å². The molecule has 4 aromatic rings. The van der Waals surface area contributed by atoms with Gasteiger partial charge in [-0.05, 0) is 43.2 Å². The Morgan fingerprint density at radius 3 is 2.37 bits per heavy atom. The van der Waals surface area contributed by atoms with Crippen LogP contribution in [0.3, 0.4) is 0 Å². The minimum atomic E-state index is -1.31. The number of anilines is 2. The monoisotopic (exact) mass is 546 g/mol. The van der Waals surface area contributed by atoms with Crippen LogP contribution in [0, 0.1) is 13.8 Å². The summed E-state index contributed by atoms with van der Waals surface area (Å²) in [4.78, 5) is 47.0. The second-order valence-electron chi connectivity index (χ2n) is 9.73. The first-order chi connectivity index (χ1) is 19.9. The fraction of sp³-hybridized carbons (Fsp3) is 0.152.